The van der Waals surface area contributed by atoms with Gasteiger partial charge < -0.3 is 19.6 Å². The number of rotatable bonds is 9. The number of ether oxygens (including phenoxy) is 1. The second-order valence-corrected chi connectivity index (χ2v) is 15.6. The highest BCUT2D eigenvalue weighted by molar-refractivity contribution is 7.92. The summed E-state index contributed by atoms with van der Waals surface area (Å²) in [5.74, 6) is -2.76. The van der Waals surface area contributed by atoms with Crippen molar-refractivity contribution in [3.63, 3.8) is 0 Å². The van der Waals surface area contributed by atoms with Crippen LogP contribution in [0.2, 0.25) is 0 Å². The molecule has 306 valence electrons. The van der Waals surface area contributed by atoms with E-state index in [4.69, 9.17) is 26.1 Å². The Balaban J connectivity index is 0.000000182. The molecule has 0 radical (unpaired) electrons. The van der Waals surface area contributed by atoms with Crippen molar-refractivity contribution in [2.75, 3.05) is 40.5 Å². The molecule has 3 aliphatic rings. The molecule has 0 bridgehead atoms. The summed E-state index contributed by atoms with van der Waals surface area (Å²) in [7, 11) is -8.44. The molecule has 19 nitrogen and oxygen atoms in total. The van der Waals surface area contributed by atoms with E-state index in [-0.39, 0.29) is 42.0 Å². The summed E-state index contributed by atoms with van der Waals surface area (Å²) in [4.78, 5) is 73.4. The van der Waals surface area contributed by atoms with Gasteiger partial charge in [0.05, 0.1) is 30.8 Å². The normalized spacial score (nSPS) is 15.1. The lowest BCUT2D eigenvalue weighted by molar-refractivity contribution is -0.136. The smallest absolute Gasteiger partial charge is 0.339 e. The van der Waals surface area contributed by atoms with Gasteiger partial charge in [-0.15, -0.1) is 11.5 Å². The van der Waals surface area contributed by atoms with E-state index in [0.29, 0.717) is 29.7 Å². The van der Waals surface area contributed by atoms with Crippen molar-refractivity contribution in [1.82, 2.24) is 24.9 Å². The third-order valence-corrected chi connectivity index (χ3v) is 9.97. The number of anilines is 3. The van der Waals surface area contributed by atoms with Crippen LogP contribution in [0.25, 0.3) is 5.78 Å². The van der Waals surface area contributed by atoms with E-state index in [9.17, 15) is 45.3 Å². The molecule has 0 atom stereocenters. The van der Waals surface area contributed by atoms with Crippen molar-refractivity contribution >= 4 is 64.1 Å². The third-order valence-electron chi connectivity index (χ3n) is 8.21. The molecule has 58 heavy (non-hydrogen) atoms. The molecule has 2 aromatic heterocycles. The molecule has 1 aliphatic carbocycles. The molecule has 4 aromatic rings. The zero-order valence-electron chi connectivity index (χ0n) is 30.1. The maximum absolute atomic E-state index is 14.7. The number of carbonyl (C=O) groups excluding carboxylic acids is 3. The number of imide groups is 1. The number of terminal acetylenes is 1. The molecule has 2 aromatic carbocycles. The molecule has 0 fully saturated rings. The molecule has 0 saturated heterocycles. The second-order valence-electron chi connectivity index (χ2n) is 12.4. The van der Waals surface area contributed by atoms with Gasteiger partial charge in [-0.2, -0.15) is 13.4 Å². The standard InChI is InChI=1S/C19H15FN2O4.C12H9F2N5O2S.C3H8NO5P/c1-2-7-21-15-9-14(13(20)8-16(15)26-10-17(21)23)22-18(24)11-5-3-4-6-12(11)19(22)25;1-7-5-6-19-11(15-7)16-12(17-19)22(20,21)18-10-8(13)3-2-4-9(10)14;5-3(6)1-4-2-10(7,8)9/h1,8-9H,3-7,10H2;2-6,18H,1H3;4H,1-2H2,(H,5,6)(H2,7,8,9). The fourth-order valence-electron chi connectivity index (χ4n) is 5.65. The Bertz CT molecular complexity index is 2510. The largest absolute Gasteiger partial charge is 0.481 e. The van der Waals surface area contributed by atoms with Crippen LogP contribution in [0.3, 0.4) is 0 Å². The van der Waals surface area contributed by atoms with E-state index in [1.807, 2.05) is 0 Å². The number of nitrogens with zero attached hydrogens (tertiary/aromatic N) is 6. The summed E-state index contributed by atoms with van der Waals surface area (Å²) in [6.45, 7) is 1.00. The fraction of sp³-hybridized carbons (Fsp3) is 0.265. The summed E-state index contributed by atoms with van der Waals surface area (Å²) in [5.41, 5.74) is 0.828. The fourth-order valence-corrected chi connectivity index (χ4v) is 7.00. The highest BCUT2D eigenvalue weighted by Gasteiger charge is 2.42. The molecule has 0 spiro atoms. The number of para-hydroxylation sites is 1. The summed E-state index contributed by atoms with van der Waals surface area (Å²) < 4.78 is 84.3. The second kappa shape index (κ2) is 17.5. The highest BCUT2D eigenvalue weighted by atomic mass is 32.2. The summed E-state index contributed by atoms with van der Waals surface area (Å²) in [5, 5.41) is 13.2. The maximum atomic E-state index is 14.7. The molecule has 3 amide bonds. The number of aryl methyl sites for hydroxylation is 1. The molecule has 5 N–H and O–H groups in total. The van der Waals surface area contributed by atoms with Gasteiger partial charge in [-0.05, 0) is 56.9 Å². The lowest BCUT2D eigenvalue weighted by atomic mass is 9.93. The molecule has 2 aliphatic heterocycles. The van der Waals surface area contributed by atoms with Gasteiger partial charge >= 0.3 is 13.6 Å². The lowest BCUT2D eigenvalue weighted by Crippen LogP contribution is -2.39. The topological polar surface area (TPSA) is 263 Å². The average Bonchev–Trinajstić information content (AvgIpc) is 3.69. The van der Waals surface area contributed by atoms with Crippen LogP contribution in [0, 0.1) is 36.7 Å². The first-order valence-corrected chi connectivity index (χ1v) is 20.0. The number of halogens is 3. The summed E-state index contributed by atoms with van der Waals surface area (Å²) >= 11 is 0. The minimum absolute atomic E-state index is 0.0170. The number of sulfonamides is 1. The molecular weight excluding hydrogens is 816 g/mol. The summed E-state index contributed by atoms with van der Waals surface area (Å²) in [6, 6.07) is 6.97. The van der Waals surface area contributed by atoms with Crippen LogP contribution < -0.4 is 24.6 Å². The Hall–Kier alpha value is -6.18. The van der Waals surface area contributed by atoms with Crippen molar-refractivity contribution in [2.24, 2.45) is 0 Å². The Labute approximate surface area is 326 Å². The maximum Gasteiger partial charge on any atom is 0.339 e. The first-order valence-electron chi connectivity index (χ1n) is 16.8. The van der Waals surface area contributed by atoms with Gasteiger partial charge in [0.2, 0.25) is 0 Å². The van der Waals surface area contributed by atoms with Gasteiger partial charge in [-0.25, -0.2) is 27.6 Å². The number of aliphatic carboxylic acids is 1. The van der Waals surface area contributed by atoms with Crippen LogP contribution >= 0.6 is 7.60 Å². The van der Waals surface area contributed by atoms with Gasteiger partial charge in [0, 0.05) is 29.1 Å². The lowest BCUT2D eigenvalue weighted by Gasteiger charge is -2.29. The van der Waals surface area contributed by atoms with E-state index >= 15 is 0 Å². The third kappa shape index (κ3) is 9.85. The Kier molecular flexibility index (Phi) is 13.0. The van der Waals surface area contributed by atoms with Gasteiger partial charge in [0.25, 0.3) is 38.7 Å². The van der Waals surface area contributed by atoms with Crippen LogP contribution in [0.4, 0.5) is 30.2 Å². The van der Waals surface area contributed by atoms with E-state index in [0.717, 1.165) is 46.5 Å². The van der Waals surface area contributed by atoms with Crippen LogP contribution in [0.5, 0.6) is 5.75 Å². The van der Waals surface area contributed by atoms with Crippen molar-refractivity contribution in [3.05, 3.63) is 76.9 Å². The molecule has 7 rings (SSSR count). The zero-order chi connectivity index (χ0) is 42.5. The number of hydrogen-bond donors (Lipinski definition) is 5. The Morgan fingerprint density at radius 3 is 2.22 bits per heavy atom. The number of benzene rings is 2. The number of carboxylic acid groups (broad SMARTS) is 1. The summed E-state index contributed by atoms with van der Waals surface area (Å²) in [6.07, 6.45) is 8.89. The van der Waals surface area contributed by atoms with Crippen LogP contribution in [-0.4, -0.2) is 92.6 Å². The van der Waals surface area contributed by atoms with Crippen LogP contribution in [-0.2, 0) is 33.8 Å². The van der Waals surface area contributed by atoms with Gasteiger partial charge in [0.15, 0.2) is 12.4 Å². The SMILES string of the molecule is C#CCN1C(=O)COc2cc(F)c(N3C(=O)C4=C(CCCC4)C3=O)cc21.Cc1ccn2nc(S(=O)(=O)Nc3c(F)cccc3F)nc2n1.O=C(O)CNCP(=O)(O)O. The number of hydrogen-bond acceptors (Lipinski definition) is 12. The number of fused-ring (bicyclic) bond motifs is 2. The monoisotopic (exact) mass is 848 g/mol. The van der Waals surface area contributed by atoms with E-state index in [1.165, 1.54) is 17.2 Å². The van der Waals surface area contributed by atoms with E-state index < -0.39 is 76.5 Å². The molecule has 24 heteroatoms. The minimum Gasteiger partial charge on any atom is -0.481 e. The van der Waals surface area contributed by atoms with Crippen molar-refractivity contribution in [2.45, 2.75) is 37.8 Å². The number of amides is 3. The number of nitrogens with one attached hydrogen (secondary N) is 2. The predicted molar refractivity (Wildman–Crippen MR) is 196 cm³/mol. The Morgan fingerprint density at radius 1 is 1.00 bits per heavy atom. The number of aromatic nitrogens is 4. The van der Waals surface area contributed by atoms with Gasteiger partial charge in [-0.1, -0.05) is 12.0 Å². The highest BCUT2D eigenvalue weighted by Crippen LogP contribution is 2.42. The van der Waals surface area contributed by atoms with Gasteiger partial charge in [0.1, 0.15) is 23.1 Å². The van der Waals surface area contributed by atoms with Gasteiger partial charge in [-0.3, -0.25) is 38.7 Å². The van der Waals surface area contributed by atoms with E-state index in [1.54, 1.807) is 17.7 Å². The van der Waals surface area contributed by atoms with E-state index in [2.05, 4.69) is 26.3 Å². The molecular formula is C34H32F3N8O11PS. The van der Waals surface area contributed by atoms with Crippen molar-refractivity contribution in [1.29, 1.82) is 0 Å². The van der Waals surface area contributed by atoms with Crippen molar-refractivity contribution in [3.8, 4) is 18.1 Å². The molecule has 0 saturated carbocycles. The number of carbonyl (C=O) groups is 4. The predicted octanol–water partition coefficient (Wildman–Crippen LogP) is 2.24. The molecule has 0 unspecified atom stereocenters. The van der Waals surface area contributed by atoms with Crippen molar-refractivity contribution < 1.29 is 65.0 Å². The first kappa shape index (κ1) is 43.0. The minimum atomic E-state index is -4.35. The van der Waals surface area contributed by atoms with Crippen LogP contribution in [0.1, 0.15) is 31.4 Å². The number of carboxylic acids is 1. The Morgan fingerprint density at radius 2 is 1.64 bits per heavy atom. The quantitative estimate of drug-likeness (QED) is 0.0919. The average molecular weight is 849 g/mol. The zero-order valence-corrected chi connectivity index (χ0v) is 31.8. The van der Waals surface area contributed by atoms with Crippen LogP contribution in [0.15, 0.2) is 58.9 Å². The first-order chi connectivity index (χ1) is 27.3. The molecule has 4 heterocycles.